The molecule has 0 atom stereocenters. The van der Waals surface area contributed by atoms with E-state index in [2.05, 4.69) is 24.3 Å². The third kappa shape index (κ3) is 18.3. The summed E-state index contributed by atoms with van der Waals surface area (Å²) >= 11 is 0. The highest BCUT2D eigenvalue weighted by atomic mass is 14.0. The quantitative estimate of drug-likeness (QED) is 0.403. The minimum atomic E-state index is 1.27. The van der Waals surface area contributed by atoms with Gasteiger partial charge in [-0.2, -0.15) is 0 Å². The number of rotatable bonds is 0. The van der Waals surface area contributed by atoms with Gasteiger partial charge in [-0.25, -0.2) is 0 Å². The van der Waals surface area contributed by atoms with Gasteiger partial charge in [0.2, 0.25) is 0 Å². The third-order valence-electron chi connectivity index (χ3n) is 5.87. The van der Waals surface area contributed by atoms with Gasteiger partial charge >= 0.3 is 0 Å². The van der Waals surface area contributed by atoms with E-state index in [1.54, 1.807) is 0 Å². The highest BCUT2D eigenvalue weighted by molar-refractivity contribution is 5.02. The van der Waals surface area contributed by atoms with E-state index in [0.717, 1.165) is 0 Å². The van der Waals surface area contributed by atoms with Crippen molar-refractivity contribution in [2.45, 2.75) is 141 Å². The lowest BCUT2D eigenvalue weighted by Gasteiger charge is -2.04. The Hall–Kier alpha value is -0.520. The summed E-state index contributed by atoms with van der Waals surface area (Å²) in [6, 6.07) is 0. The molecule has 0 saturated heterocycles. The molecule has 26 heavy (non-hydrogen) atoms. The molecule has 152 valence electrons. The van der Waals surface area contributed by atoms with E-state index in [1.165, 1.54) is 141 Å². The fourth-order valence-corrected chi connectivity index (χ4v) is 4.06. The van der Waals surface area contributed by atoms with E-state index in [-0.39, 0.29) is 0 Å². The molecule has 0 aliphatic heterocycles. The van der Waals surface area contributed by atoms with E-state index in [9.17, 15) is 0 Å². The number of allylic oxidation sites excluding steroid dienone is 4. The van der Waals surface area contributed by atoms with E-state index in [0.29, 0.717) is 0 Å². The minimum Gasteiger partial charge on any atom is -0.0845 e. The van der Waals surface area contributed by atoms with Gasteiger partial charge in [0.25, 0.3) is 0 Å². The lowest BCUT2D eigenvalue weighted by Crippen LogP contribution is -1.84. The second-order valence-corrected chi connectivity index (χ2v) is 8.50. The Bertz CT molecular complexity index is 280. The summed E-state index contributed by atoms with van der Waals surface area (Å²) < 4.78 is 0. The second-order valence-electron chi connectivity index (χ2n) is 8.50. The molecular weight excluding hydrogens is 312 g/mol. The first kappa shape index (κ1) is 23.5. The monoisotopic (exact) mass is 360 g/mol. The van der Waals surface area contributed by atoms with Crippen LogP contribution in [0, 0.1) is 0 Å². The molecule has 0 aromatic carbocycles. The molecule has 0 aromatic rings. The maximum atomic E-state index is 2.36. The summed E-state index contributed by atoms with van der Waals surface area (Å²) in [7, 11) is 0. The minimum absolute atomic E-state index is 1.27. The van der Waals surface area contributed by atoms with Gasteiger partial charge in [0.05, 0.1) is 0 Å². The molecule has 0 spiro atoms. The lowest BCUT2D eigenvalue weighted by atomic mass is 10.0. The van der Waals surface area contributed by atoms with Crippen molar-refractivity contribution in [3.05, 3.63) is 24.3 Å². The predicted molar refractivity (Wildman–Crippen MR) is 120 cm³/mol. The van der Waals surface area contributed by atoms with Crippen LogP contribution in [0.5, 0.6) is 0 Å². The van der Waals surface area contributed by atoms with Crippen LogP contribution in [-0.2, 0) is 0 Å². The molecule has 0 fully saturated rings. The molecule has 1 rings (SSSR count). The van der Waals surface area contributed by atoms with Crippen molar-refractivity contribution in [1.29, 1.82) is 0 Å². The zero-order valence-electron chi connectivity index (χ0n) is 17.9. The van der Waals surface area contributed by atoms with E-state index in [1.807, 2.05) is 0 Å². The van der Waals surface area contributed by atoms with Crippen LogP contribution in [0.15, 0.2) is 24.3 Å². The fraction of sp³-hybridized carbons (Fsp3) is 0.846. The van der Waals surface area contributed by atoms with Gasteiger partial charge in [-0.05, 0) is 25.7 Å². The first-order valence-corrected chi connectivity index (χ1v) is 12.3. The summed E-state index contributed by atoms with van der Waals surface area (Å²) in [5, 5.41) is 0. The Kier molecular flexibility index (Phi) is 18.8. The van der Waals surface area contributed by atoms with Gasteiger partial charge in [-0.3, -0.25) is 0 Å². The third-order valence-corrected chi connectivity index (χ3v) is 5.87. The van der Waals surface area contributed by atoms with Gasteiger partial charge in [0.15, 0.2) is 0 Å². The summed E-state index contributed by atoms with van der Waals surface area (Å²) in [6.45, 7) is 0. The molecular formula is C26H48. The van der Waals surface area contributed by atoms with E-state index >= 15 is 0 Å². The van der Waals surface area contributed by atoms with Crippen molar-refractivity contribution in [2.24, 2.45) is 0 Å². The van der Waals surface area contributed by atoms with Crippen LogP contribution in [0.25, 0.3) is 0 Å². The molecule has 0 heteroatoms. The molecule has 0 N–H and O–H groups in total. The van der Waals surface area contributed by atoms with Crippen LogP contribution >= 0.6 is 0 Å². The Labute approximate surface area is 165 Å². The van der Waals surface area contributed by atoms with Crippen LogP contribution < -0.4 is 0 Å². The van der Waals surface area contributed by atoms with Gasteiger partial charge < -0.3 is 0 Å². The van der Waals surface area contributed by atoms with Gasteiger partial charge in [0.1, 0.15) is 0 Å². The van der Waals surface area contributed by atoms with Crippen LogP contribution in [0.1, 0.15) is 141 Å². The maximum absolute atomic E-state index is 2.36. The van der Waals surface area contributed by atoms with Crippen molar-refractivity contribution in [2.75, 3.05) is 0 Å². The number of hydrogen-bond acceptors (Lipinski definition) is 0. The van der Waals surface area contributed by atoms with Crippen molar-refractivity contribution < 1.29 is 0 Å². The van der Waals surface area contributed by atoms with E-state index < -0.39 is 0 Å². The summed E-state index contributed by atoms with van der Waals surface area (Å²) in [5.41, 5.74) is 0. The molecule has 0 amide bonds. The topological polar surface area (TPSA) is 0 Å². The van der Waals surface area contributed by atoms with E-state index in [4.69, 9.17) is 0 Å². The molecule has 0 heterocycles. The highest BCUT2D eigenvalue weighted by Crippen LogP contribution is 2.15. The van der Waals surface area contributed by atoms with Crippen LogP contribution in [0.2, 0.25) is 0 Å². The Balaban J connectivity index is 2.09. The smallest absolute Gasteiger partial charge is 0.0348 e. The molecule has 0 aromatic heterocycles. The average molecular weight is 361 g/mol. The zero-order chi connectivity index (χ0) is 18.4. The molecule has 0 bridgehead atoms. The second kappa shape index (κ2) is 20.8. The first-order valence-electron chi connectivity index (χ1n) is 12.3. The molecule has 1 aliphatic rings. The van der Waals surface area contributed by atoms with Crippen LogP contribution in [0.3, 0.4) is 0 Å². The Morgan fingerprint density at radius 3 is 0.654 bits per heavy atom. The predicted octanol–water partition coefficient (Wildman–Crippen LogP) is 9.69. The highest BCUT2D eigenvalue weighted by Gasteiger charge is 1.95. The van der Waals surface area contributed by atoms with Crippen molar-refractivity contribution >= 4 is 0 Å². The van der Waals surface area contributed by atoms with Crippen LogP contribution in [-0.4, -0.2) is 0 Å². The van der Waals surface area contributed by atoms with Crippen molar-refractivity contribution in [3.8, 4) is 0 Å². The van der Waals surface area contributed by atoms with Crippen LogP contribution in [0.4, 0.5) is 0 Å². The standard InChI is InChI=1S/C26H48/c1-2-4-6-8-10-12-14-16-18-20-22-24-26-25-23-21-19-17-15-13-11-9-7-5-3-1/h1-4H,5-26H2/b3-1-,4-2-. The molecule has 0 nitrogen and oxygen atoms in total. The fourth-order valence-electron chi connectivity index (χ4n) is 4.06. The zero-order valence-corrected chi connectivity index (χ0v) is 17.9. The largest absolute Gasteiger partial charge is 0.0845 e. The molecule has 0 saturated carbocycles. The molecule has 1 aliphatic carbocycles. The average Bonchev–Trinajstić information content (AvgIpc) is 2.65. The Morgan fingerprint density at radius 1 is 0.231 bits per heavy atom. The Morgan fingerprint density at radius 2 is 0.423 bits per heavy atom. The summed E-state index contributed by atoms with van der Waals surface area (Å²) in [4.78, 5) is 0. The molecule has 0 unspecified atom stereocenters. The lowest BCUT2D eigenvalue weighted by molar-refractivity contribution is 0.521. The van der Waals surface area contributed by atoms with Gasteiger partial charge in [-0.1, -0.05) is 140 Å². The first-order chi connectivity index (χ1) is 13.0. The van der Waals surface area contributed by atoms with Gasteiger partial charge in [0, 0.05) is 0 Å². The summed E-state index contributed by atoms with van der Waals surface area (Å²) in [5.74, 6) is 0. The normalized spacial score (nSPS) is 25.2. The van der Waals surface area contributed by atoms with Crippen molar-refractivity contribution in [3.63, 3.8) is 0 Å². The maximum Gasteiger partial charge on any atom is -0.0348 e. The van der Waals surface area contributed by atoms with Gasteiger partial charge in [-0.15, -0.1) is 0 Å². The molecule has 0 radical (unpaired) electrons. The number of hydrogen-bond donors (Lipinski definition) is 0. The van der Waals surface area contributed by atoms with Crippen molar-refractivity contribution in [1.82, 2.24) is 0 Å². The SMILES string of the molecule is C1=C\CCCCCCCCCCCCCCCCCCCCCC\C=C/1. The summed E-state index contributed by atoms with van der Waals surface area (Å²) in [6.07, 6.45) is 41.0.